The fraction of sp³-hybridized carbons (Fsp3) is 0.381. The number of hydrogen-bond donors (Lipinski definition) is 1. The Balaban J connectivity index is 1.31. The molecular weight excluding hydrogens is 344 g/mol. The van der Waals surface area contributed by atoms with E-state index in [0.29, 0.717) is 12.6 Å². The van der Waals surface area contributed by atoms with Crippen molar-refractivity contribution >= 4 is 11.7 Å². The van der Waals surface area contributed by atoms with E-state index in [1.54, 1.807) is 11.9 Å². The van der Waals surface area contributed by atoms with Crippen LogP contribution in [0, 0.1) is 0 Å². The van der Waals surface area contributed by atoms with Gasteiger partial charge < -0.3 is 24.4 Å². The standard InChI is InChI=1S/C21H24N2O4/c1-23(13-15-6-11-19-20(12-15)26-14-25-19)21(24)22-16-7-9-18(10-8-16)27-17-4-2-3-5-17/h6-12,17H,2-5,13-14H2,1H3,(H,22,24). The molecule has 1 saturated carbocycles. The summed E-state index contributed by atoms with van der Waals surface area (Å²) < 4.78 is 16.6. The van der Waals surface area contributed by atoms with Gasteiger partial charge in [-0.05, 0) is 67.6 Å². The van der Waals surface area contributed by atoms with Crippen LogP contribution in [-0.2, 0) is 6.54 Å². The van der Waals surface area contributed by atoms with Gasteiger partial charge in [-0.25, -0.2) is 4.79 Å². The maximum Gasteiger partial charge on any atom is 0.321 e. The number of benzene rings is 2. The van der Waals surface area contributed by atoms with Crippen LogP contribution in [0.15, 0.2) is 42.5 Å². The van der Waals surface area contributed by atoms with Gasteiger partial charge in [0.1, 0.15) is 5.75 Å². The summed E-state index contributed by atoms with van der Waals surface area (Å²) in [6, 6.07) is 13.1. The first-order valence-electron chi connectivity index (χ1n) is 9.35. The minimum Gasteiger partial charge on any atom is -0.490 e. The zero-order chi connectivity index (χ0) is 18.6. The molecule has 0 radical (unpaired) electrons. The Labute approximate surface area is 159 Å². The van der Waals surface area contributed by atoms with Crippen LogP contribution in [0.25, 0.3) is 0 Å². The second-order valence-electron chi connectivity index (χ2n) is 7.02. The van der Waals surface area contributed by atoms with E-state index in [9.17, 15) is 4.79 Å². The van der Waals surface area contributed by atoms with Gasteiger partial charge in [0.15, 0.2) is 11.5 Å². The van der Waals surface area contributed by atoms with Crippen LogP contribution >= 0.6 is 0 Å². The third-order valence-corrected chi connectivity index (χ3v) is 4.91. The molecule has 1 aliphatic heterocycles. The van der Waals surface area contributed by atoms with Crippen molar-refractivity contribution in [3.63, 3.8) is 0 Å². The quantitative estimate of drug-likeness (QED) is 0.850. The van der Waals surface area contributed by atoms with Crippen LogP contribution in [0.1, 0.15) is 31.2 Å². The molecule has 2 aromatic carbocycles. The molecule has 142 valence electrons. The molecule has 27 heavy (non-hydrogen) atoms. The number of fused-ring (bicyclic) bond motifs is 1. The lowest BCUT2D eigenvalue weighted by Gasteiger charge is -2.19. The lowest BCUT2D eigenvalue weighted by molar-refractivity contribution is 0.174. The number of rotatable bonds is 5. The maximum atomic E-state index is 12.4. The summed E-state index contributed by atoms with van der Waals surface area (Å²) in [5.74, 6) is 2.32. The first-order chi connectivity index (χ1) is 13.2. The lowest BCUT2D eigenvalue weighted by atomic mass is 10.2. The average molecular weight is 368 g/mol. The van der Waals surface area contributed by atoms with Gasteiger partial charge in [-0.15, -0.1) is 0 Å². The van der Waals surface area contributed by atoms with Crippen LogP contribution < -0.4 is 19.5 Å². The third-order valence-electron chi connectivity index (χ3n) is 4.91. The SMILES string of the molecule is CN(Cc1ccc2c(c1)OCO2)C(=O)Nc1ccc(OC2CCCC2)cc1. The second kappa shape index (κ2) is 7.78. The molecule has 6 nitrogen and oxygen atoms in total. The van der Waals surface area contributed by atoms with E-state index in [4.69, 9.17) is 14.2 Å². The molecule has 1 N–H and O–H groups in total. The number of urea groups is 1. The highest BCUT2D eigenvalue weighted by Gasteiger charge is 2.17. The van der Waals surface area contributed by atoms with Gasteiger partial charge in [-0.3, -0.25) is 0 Å². The molecule has 1 heterocycles. The Morgan fingerprint density at radius 2 is 1.85 bits per heavy atom. The second-order valence-corrected chi connectivity index (χ2v) is 7.02. The van der Waals surface area contributed by atoms with Crippen molar-refractivity contribution in [2.75, 3.05) is 19.2 Å². The maximum absolute atomic E-state index is 12.4. The van der Waals surface area contributed by atoms with Crippen LogP contribution in [0.5, 0.6) is 17.2 Å². The zero-order valence-electron chi connectivity index (χ0n) is 15.4. The Bertz CT molecular complexity index is 800. The van der Waals surface area contributed by atoms with Crippen molar-refractivity contribution in [3.05, 3.63) is 48.0 Å². The number of hydrogen-bond acceptors (Lipinski definition) is 4. The van der Waals surface area contributed by atoms with Crippen molar-refractivity contribution < 1.29 is 19.0 Å². The highest BCUT2D eigenvalue weighted by atomic mass is 16.7. The Hall–Kier alpha value is -2.89. The van der Waals surface area contributed by atoms with Gasteiger partial charge in [0, 0.05) is 19.3 Å². The van der Waals surface area contributed by atoms with Crippen LogP contribution in [0.4, 0.5) is 10.5 Å². The van der Waals surface area contributed by atoms with Gasteiger partial charge in [0.2, 0.25) is 6.79 Å². The predicted octanol–water partition coefficient (Wildman–Crippen LogP) is 4.40. The van der Waals surface area contributed by atoms with Gasteiger partial charge in [-0.2, -0.15) is 0 Å². The molecule has 2 amide bonds. The summed E-state index contributed by atoms with van der Waals surface area (Å²) in [5, 5.41) is 2.91. The van der Waals surface area contributed by atoms with E-state index < -0.39 is 0 Å². The summed E-state index contributed by atoms with van der Waals surface area (Å²) in [6.07, 6.45) is 5.08. The van der Waals surface area contributed by atoms with E-state index >= 15 is 0 Å². The topological polar surface area (TPSA) is 60.0 Å². The average Bonchev–Trinajstić information content (AvgIpc) is 3.34. The molecule has 0 aromatic heterocycles. The van der Waals surface area contributed by atoms with Crippen molar-refractivity contribution in [1.82, 2.24) is 4.90 Å². The van der Waals surface area contributed by atoms with E-state index in [-0.39, 0.29) is 12.8 Å². The van der Waals surface area contributed by atoms with Crippen molar-refractivity contribution in [2.45, 2.75) is 38.3 Å². The first kappa shape index (κ1) is 17.5. The summed E-state index contributed by atoms with van der Waals surface area (Å²) in [6.45, 7) is 0.723. The lowest BCUT2D eigenvalue weighted by Crippen LogP contribution is -2.30. The normalized spacial score (nSPS) is 15.6. The highest BCUT2D eigenvalue weighted by Crippen LogP contribution is 2.32. The number of anilines is 1. The van der Waals surface area contributed by atoms with Gasteiger partial charge in [-0.1, -0.05) is 6.07 Å². The molecule has 6 heteroatoms. The molecule has 1 aliphatic carbocycles. The molecule has 0 spiro atoms. The van der Waals surface area contributed by atoms with Crippen LogP contribution in [0.2, 0.25) is 0 Å². The van der Waals surface area contributed by atoms with Crippen molar-refractivity contribution in [1.29, 1.82) is 0 Å². The molecule has 0 unspecified atom stereocenters. The predicted molar refractivity (Wildman–Crippen MR) is 102 cm³/mol. The molecular formula is C21H24N2O4. The Kier molecular flexibility index (Phi) is 5.05. The molecule has 1 fully saturated rings. The number of amides is 2. The van der Waals surface area contributed by atoms with E-state index in [1.807, 2.05) is 42.5 Å². The van der Waals surface area contributed by atoms with Crippen molar-refractivity contribution in [2.24, 2.45) is 0 Å². The fourth-order valence-electron chi connectivity index (χ4n) is 3.42. The molecule has 0 atom stereocenters. The monoisotopic (exact) mass is 368 g/mol. The molecule has 2 aromatic rings. The molecule has 0 bridgehead atoms. The summed E-state index contributed by atoms with van der Waals surface area (Å²) >= 11 is 0. The van der Waals surface area contributed by atoms with Crippen molar-refractivity contribution in [3.8, 4) is 17.2 Å². The smallest absolute Gasteiger partial charge is 0.321 e. The number of carbonyl (C=O) groups is 1. The Morgan fingerprint density at radius 1 is 1.11 bits per heavy atom. The van der Waals surface area contributed by atoms with E-state index in [2.05, 4.69) is 5.32 Å². The van der Waals surface area contributed by atoms with E-state index in [0.717, 1.165) is 41.3 Å². The fourth-order valence-corrected chi connectivity index (χ4v) is 3.42. The van der Waals surface area contributed by atoms with Gasteiger partial charge in [0.25, 0.3) is 0 Å². The number of ether oxygens (including phenoxy) is 3. The summed E-state index contributed by atoms with van der Waals surface area (Å²) in [5.41, 5.74) is 1.73. The van der Waals surface area contributed by atoms with Gasteiger partial charge in [0.05, 0.1) is 6.10 Å². The largest absolute Gasteiger partial charge is 0.490 e. The van der Waals surface area contributed by atoms with Crippen LogP contribution in [-0.4, -0.2) is 30.9 Å². The first-order valence-corrected chi connectivity index (χ1v) is 9.35. The molecule has 0 saturated heterocycles. The summed E-state index contributed by atoms with van der Waals surface area (Å²) in [4.78, 5) is 14.1. The van der Waals surface area contributed by atoms with Gasteiger partial charge >= 0.3 is 6.03 Å². The molecule has 2 aliphatic rings. The molecule has 4 rings (SSSR count). The number of carbonyl (C=O) groups excluding carboxylic acids is 1. The van der Waals surface area contributed by atoms with Crippen LogP contribution in [0.3, 0.4) is 0 Å². The third kappa shape index (κ3) is 4.27. The number of nitrogens with one attached hydrogen (secondary N) is 1. The summed E-state index contributed by atoms with van der Waals surface area (Å²) in [7, 11) is 1.76. The zero-order valence-corrected chi connectivity index (χ0v) is 15.4. The number of nitrogens with zero attached hydrogens (tertiary/aromatic N) is 1. The minimum absolute atomic E-state index is 0.169. The minimum atomic E-state index is -0.169. The van der Waals surface area contributed by atoms with E-state index in [1.165, 1.54) is 12.8 Å². The Morgan fingerprint density at radius 3 is 2.63 bits per heavy atom. The highest BCUT2D eigenvalue weighted by molar-refractivity contribution is 5.89.